The van der Waals surface area contributed by atoms with Crippen molar-refractivity contribution in [2.24, 2.45) is 0 Å². The summed E-state index contributed by atoms with van der Waals surface area (Å²) in [7, 11) is -4.16. The van der Waals surface area contributed by atoms with Crippen molar-refractivity contribution < 1.29 is 13.2 Å². The van der Waals surface area contributed by atoms with Gasteiger partial charge in [0.05, 0.1) is 11.2 Å². The topological polar surface area (TPSA) is 93.4 Å². The van der Waals surface area contributed by atoms with Gasteiger partial charge in [-0.3, -0.25) is 4.79 Å². The zero-order chi connectivity index (χ0) is 20.6. The molecule has 0 saturated heterocycles. The Labute approximate surface area is 176 Å². The maximum atomic E-state index is 12.6. The van der Waals surface area contributed by atoms with Crippen molar-refractivity contribution in [1.29, 1.82) is 0 Å². The minimum Gasteiger partial charge on any atom is -0.266 e. The van der Waals surface area contributed by atoms with Crippen molar-refractivity contribution in [2.75, 3.05) is 0 Å². The Morgan fingerprint density at radius 2 is 1.83 bits per heavy atom. The molecule has 7 nitrogen and oxygen atoms in total. The molecule has 4 aromatic rings. The van der Waals surface area contributed by atoms with Crippen LogP contribution in [0.3, 0.4) is 0 Å². The third-order valence-electron chi connectivity index (χ3n) is 4.09. The van der Waals surface area contributed by atoms with E-state index in [0.29, 0.717) is 16.2 Å². The lowest BCUT2D eigenvalue weighted by atomic mass is 10.1. The average molecular weight is 447 g/mol. The first-order chi connectivity index (χ1) is 13.8. The highest BCUT2D eigenvalue weighted by atomic mass is 35.5. The second kappa shape index (κ2) is 7.47. The molecule has 0 spiro atoms. The number of halogens is 2. The van der Waals surface area contributed by atoms with Crippen molar-refractivity contribution in [1.82, 2.24) is 19.3 Å². The van der Waals surface area contributed by atoms with Gasteiger partial charge in [0.2, 0.25) is 0 Å². The first kappa shape index (κ1) is 19.4. The normalized spacial score (nSPS) is 11.5. The molecule has 1 N–H and O–H groups in total. The number of nitrogens with zero attached hydrogens (tertiary/aromatic N) is 3. The Bertz CT molecular complexity index is 1350. The summed E-state index contributed by atoms with van der Waals surface area (Å²) in [5.74, 6) is -0.884. The molecule has 0 aliphatic rings. The summed E-state index contributed by atoms with van der Waals surface area (Å²) in [4.78, 5) is 16.7. The van der Waals surface area contributed by atoms with E-state index in [1.165, 1.54) is 35.0 Å². The highest BCUT2D eigenvalue weighted by Crippen LogP contribution is 2.26. The number of amides is 1. The minimum absolute atomic E-state index is 0.00949. The molecule has 0 unspecified atom stereocenters. The third-order valence-corrected chi connectivity index (χ3v) is 6.16. The standard InChI is InChI=1S/C19H12Cl2N4O3S/c20-13-5-3-4-12(10-13)14-11-22-25-9-8-16(23-18(14)25)19(26)24-29(27,28)17-7-2-1-6-15(17)21/h1-11H,(H,24,26). The monoisotopic (exact) mass is 446 g/mol. The Balaban J connectivity index is 1.70. The lowest BCUT2D eigenvalue weighted by Gasteiger charge is -2.08. The molecule has 2 heterocycles. The number of hydrogen-bond donors (Lipinski definition) is 1. The first-order valence-electron chi connectivity index (χ1n) is 8.27. The summed E-state index contributed by atoms with van der Waals surface area (Å²) < 4.78 is 28.5. The van der Waals surface area contributed by atoms with Crippen molar-refractivity contribution in [3.05, 3.63) is 82.7 Å². The number of fused-ring (bicyclic) bond motifs is 1. The maximum absolute atomic E-state index is 12.6. The average Bonchev–Trinajstić information content (AvgIpc) is 3.11. The van der Waals surface area contributed by atoms with E-state index >= 15 is 0 Å². The van der Waals surface area contributed by atoms with E-state index in [9.17, 15) is 13.2 Å². The molecule has 2 aromatic heterocycles. The number of sulfonamides is 1. The molecular weight excluding hydrogens is 435 g/mol. The number of carbonyl (C=O) groups excluding carboxylic acids is 1. The van der Waals surface area contributed by atoms with Crippen molar-refractivity contribution in [2.45, 2.75) is 4.90 Å². The quantitative estimate of drug-likeness (QED) is 0.514. The molecule has 146 valence electrons. The number of aromatic nitrogens is 3. The SMILES string of the molecule is O=C(NS(=O)(=O)c1ccccc1Cl)c1ccn2ncc(-c3cccc(Cl)c3)c2n1. The molecule has 29 heavy (non-hydrogen) atoms. The number of carbonyl (C=O) groups is 1. The van der Waals surface area contributed by atoms with E-state index < -0.39 is 15.9 Å². The summed E-state index contributed by atoms with van der Waals surface area (Å²) in [6.45, 7) is 0. The van der Waals surface area contributed by atoms with Crippen LogP contribution in [0.4, 0.5) is 0 Å². The summed E-state index contributed by atoms with van der Waals surface area (Å²) in [5.41, 5.74) is 1.71. The van der Waals surface area contributed by atoms with Crippen LogP contribution in [0.1, 0.15) is 10.5 Å². The van der Waals surface area contributed by atoms with Gasteiger partial charge in [0.25, 0.3) is 15.9 Å². The van der Waals surface area contributed by atoms with Crippen LogP contribution in [0, 0.1) is 0 Å². The molecule has 0 radical (unpaired) electrons. The minimum atomic E-state index is -4.16. The number of nitrogens with one attached hydrogen (secondary N) is 1. The molecule has 0 atom stereocenters. The number of hydrogen-bond acceptors (Lipinski definition) is 5. The summed E-state index contributed by atoms with van der Waals surface area (Å²) in [5, 5.41) is 4.76. The van der Waals surface area contributed by atoms with Crippen LogP contribution in [0.5, 0.6) is 0 Å². The van der Waals surface area contributed by atoms with E-state index in [0.717, 1.165) is 5.56 Å². The van der Waals surface area contributed by atoms with Gasteiger partial charge in [0, 0.05) is 16.8 Å². The van der Waals surface area contributed by atoms with Crippen molar-refractivity contribution in [3.8, 4) is 11.1 Å². The Morgan fingerprint density at radius 1 is 1.03 bits per heavy atom. The van der Waals surface area contributed by atoms with Crippen LogP contribution in [0.25, 0.3) is 16.8 Å². The zero-order valence-electron chi connectivity index (χ0n) is 14.6. The molecule has 2 aromatic carbocycles. The molecule has 0 aliphatic heterocycles. The van der Waals surface area contributed by atoms with E-state index in [1.807, 2.05) is 10.8 Å². The van der Waals surface area contributed by atoms with Gasteiger partial charge in [-0.1, -0.05) is 47.5 Å². The number of rotatable bonds is 4. The van der Waals surface area contributed by atoms with Crippen molar-refractivity contribution >= 4 is 44.8 Å². The van der Waals surface area contributed by atoms with E-state index in [2.05, 4.69) is 10.1 Å². The van der Waals surface area contributed by atoms with E-state index in [-0.39, 0.29) is 15.6 Å². The van der Waals surface area contributed by atoms with Crippen molar-refractivity contribution in [3.63, 3.8) is 0 Å². The lowest BCUT2D eigenvalue weighted by Crippen LogP contribution is -2.31. The first-order valence-corrected chi connectivity index (χ1v) is 10.5. The molecule has 0 fully saturated rings. The van der Waals surface area contributed by atoms with Crippen LogP contribution >= 0.6 is 23.2 Å². The molecular formula is C19H12Cl2N4O3S. The molecule has 0 bridgehead atoms. The molecule has 0 saturated carbocycles. The van der Waals surface area contributed by atoms with E-state index in [1.54, 1.807) is 30.5 Å². The second-order valence-corrected chi connectivity index (χ2v) is 8.51. The molecule has 1 amide bonds. The van der Waals surface area contributed by atoms with E-state index in [4.69, 9.17) is 23.2 Å². The second-order valence-electron chi connectivity index (χ2n) is 6.01. The van der Waals surface area contributed by atoms with Crippen LogP contribution < -0.4 is 4.72 Å². The Morgan fingerprint density at radius 3 is 2.59 bits per heavy atom. The molecule has 4 rings (SSSR count). The lowest BCUT2D eigenvalue weighted by molar-refractivity contribution is 0.0976. The van der Waals surface area contributed by atoms with Gasteiger partial charge in [-0.2, -0.15) is 5.10 Å². The Hall–Kier alpha value is -2.94. The summed E-state index contributed by atoms with van der Waals surface area (Å²) >= 11 is 12.0. The van der Waals surface area contributed by atoms with Gasteiger partial charge in [-0.25, -0.2) is 22.6 Å². The maximum Gasteiger partial charge on any atom is 0.283 e. The highest BCUT2D eigenvalue weighted by Gasteiger charge is 2.22. The third kappa shape index (κ3) is 3.82. The smallest absolute Gasteiger partial charge is 0.266 e. The predicted octanol–water partition coefficient (Wildman–Crippen LogP) is 3.82. The zero-order valence-corrected chi connectivity index (χ0v) is 16.9. The number of benzene rings is 2. The predicted molar refractivity (Wildman–Crippen MR) is 110 cm³/mol. The van der Waals surface area contributed by atoms with Gasteiger partial charge in [-0.15, -0.1) is 0 Å². The fourth-order valence-corrected chi connectivity index (χ4v) is 4.42. The van der Waals surface area contributed by atoms with Gasteiger partial charge >= 0.3 is 0 Å². The summed E-state index contributed by atoms with van der Waals surface area (Å²) in [6.07, 6.45) is 3.11. The fourth-order valence-electron chi connectivity index (χ4n) is 2.75. The van der Waals surface area contributed by atoms with Crippen LogP contribution in [-0.2, 0) is 10.0 Å². The highest BCUT2D eigenvalue weighted by molar-refractivity contribution is 7.90. The van der Waals surface area contributed by atoms with Gasteiger partial charge < -0.3 is 0 Å². The molecule has 0 aliphatic carbocycles. The fraction of sp³-hybridized carbons (Fsp3) is 0. The molecule has 10 heteroatoms. The largest absolute Gasteiger partial charge is 0.283 e. The van der Waals surface area contributed by atoms with Gasteiger partial charge in [0.1, 0.15) is 10.6 Å². The summed E-state index contributed by atoms with van der Waals surface area (Å²) in [6, 6.07) is 14.3. The van der Waals surface area contributed by atoms with Crippen LogP contribution in [0.15, 0.2) is 71.9 Å². The van der Waals surface area contributed by atoms with Crippen LogP contribution in [-0.4, -0.2) is 28.9 Å². The Kier molecular flexibility index (Phi) is 4.99. The van der Waals surface area contributed by atoms with Gasteiger partial charge in [0.15, 0.2) is 5.65 Å². The van der Waals surface area contributed by atoms with Gasteiger partial charge in [-0.05, 0) is 35.9 Å². The van der Waals surface area contributed by atoms with Crippen LogP contribution in [0.2, 0.25) is 10.0 Å².